The average Bonchev–Trinajstić information content (AvgIpc) is 2.42. The highest BCUT2D eigenvalue weighted by molar-refractivity contribution is 5.60. The van der Waals surface area contributed by atoms with Crippen LogP contribution in [0.4, 0.5) is 8.78 Å². The average molecular weight is 280 g/mol. The maximum Gasteiger partial charge on any atom is 0.261 e. The van der Waals surface area contributed by atoms with E-state index in [-0.39, 0.29) is 0 Å². The van der Waals surface area contributed by atoms with Crippen LogP contribution in [0.5, 0.6) is 0 Å². The molecule has 0 saturated carbocycles. The Balaban J connectivity index is 1.73. The molecular weight excluding hydrogens is 258 g/mol. The molecule has 0 aliphatic heterocycles. The number of benzene rings is 1. The molecule has 2 rings (SSSR count). The fraction of sp³-hybridized carbons (Fsp3) is 0.529. The summed E-state index contributed by atoms with van der Waals surface area (Å²) < 4.78 is 28.6. The molecule has 3 heteroatoms. The van der Waals surface area contributed by atoms with E-state index in [4.69, 9.17) is 4.74 Å². The molecule has 20 heavy (non-hydrogen) atoms. The predicted octanol–water partition coefficient (Wildman–Crippen LogP) is 4.78. The summed E-state index contributed by atoms with van der Waals surface area (Å²) in [6.07, 6.45) is 5.08. The van der Waals surface area contributed by atoms with E-state index in [2.05, 4.69) is 31.2 Å². The third-order valence-electron chi connectivity index (χ3n) is 3.65. The maximum atomic E-state index is 11.9. The van der Waals surface area contributed by atoms with E-state index in [9.17, 15) is 8.78 Å². The Morgan fingerprint density at radius 3 is 2.85 bits per heavy atom. The van der Waals surface area contributed by atoms with Crippen LogP contribution in [0.1, 0.15) is 42.4 Å². The summed E-state index contributed by atoms with van der Waals surface area (Å²) in [5.41, 5.74) is 5.56. The number of allylic oxidation sites excluding steroid dienone is 1. The molecular formula is C17H22F2O. The summed E-state index contributed by atoms with van der Waals surface area (Å²) in [5, 5.41) is 0. The van der Waals surface area contributed by atoms with Gasteiger partial charge in [-0.25, -0.2) is 8.78 Å². The molecule has 0 heterocycles. The standard InChI is InChI=1S/C17H22F2O/c1-13-5-7-16-11-14(6-8-15(16)10-13)4-2-3-9-20-12-17(18)19/h5,7,10-11,17H,2-4,6,8-9,12H2,1H3. The Kier molecular flexibility index (Phi) is 5.72. The zero-order valence-corrected chi connectivity index (χ0v) is 12.0. The zero-order valence-electron chi connectivity index (χ0n) is 12.0. The molecule has 0 aromatic heterocycles. The molecule has 1 aliphatic rings. The largest absolute Gasteiger partial charge is 0.376 e. The van der Waals surface area contributed by atoms with E-state index in [1.807, 2.05) is 0 Å². The van der Waals surface area contributed by atoms with Gasteiger partial charge < -0.3 is 4.74 Å². The van der Waals surface area contributed by atoms with Crippen molar-refractivity contribution < 1.29 is 13.5 Å². The number of rotatable bonds is 7. The van der Waals surface area contributed by atoms with Crippen LogP contribution in [0.15, 0.2) is 23.8 Å². The first-order valence-electron chi connectivity index (χ1n) is 7.30. The number of unbranched alkanes of at least 4 members (excludes halogenated alkanes) is 1. The quantitative estimate of drug-likeness (QED) is 0.653. The molecule has 0 bridgehead atoms. The smallest absolute Gasteiger partial charge is 0.261 e. The van der Waals surface area contributed by atoms with Gasteiger partial charge in [0.15, 0.2) is 0 Å². The van der Waals surface area contributed by atoms with E-state index in [1.165, 1.54) is 22.3 Å². The van der Waals surface area contributed by atoms with Gasteiger partial charge in [-0.05, 0) is 50.2 Å². The number of alkyl halides is 2. The third kappa shape index (κ3) is 4.71. The van der Waals surface area contributed by atoms with Gasteiger partial charge in [0.25, 0.3) is 6.43 Å². The van der Waals surface area contributed by atoms with Crippen LogP contribution in [-0.2, 0) is 11.2 Å². The van der Waals surface area contributed by atoms with Gasteiger partial charge in [-0.2, -0.15) is 0 Å². The summed E-state index contributed by atoms with van der Waals surface area (Å²) in [6.45, 7) is 2.13. The van der Waals surface area contributed by atoms with Crippen LogP contribution < -0.4 is 0 Å². The molecule has 0 N–H and O–H groups in total. The molecule has 0 fully saturated rings. The first-order chi connectivity index (χ1) is 9.65. The number of halogens is 2. The zero-order chi connectivity index (χ0) is 14.4. The van der Waals surface area contributed by atoms with Crippen molar-refractivity contribution in [1.82, 2.24) is 0 Å². The van der Waals surface area contributed by atoms with Gasteiger partial charge in [-0.1, -0.05) is 35.4 Å². The lowest BCUT2D eigenvalue weighted by atomic mass is 9.89. The molecule has 1 nitrogen and oxygen atoms in total. The third-order valence-corrected chi connectivity index (χ3v) is 3.65. The van der Waals surface area contributed by atoms with Crippen molar-refractivity contribution in [2.45, 2.75) is 45.5 Å². The minimum Gasteiger partial charge on any atom is -0.376 e. The normalized spacial score (nSPS) is 14.3. The monoisotopic (exact) mass is 280 g/mol. The molecule has 0 atom stereocenters. The summed E-state index contributed by atoms with van der Waals surface area (Å²) in [4.78, 5) is 0. The van der Waals surface area contributed by atoms with Crippen molar-refractivity contribution in [3.8, 4) is 0 Å². The minimum atomic E-state index is -2.35. The van der Waals surface area contributed by atoms with E-state index >= 15 is 0 Å². The van der Waals surface area contributed by atoms with Gasteiger partial charge in [0.05, 0.1) is 0 Å². The number of hydrogen-bond acceptors (Lipinski definition) is 1. The topological polar surface area (TPSA) is 9.23 Å². The lowest BCUT2D eigenvalue weighted by molar-refractivity contribution is 0.0163. The van der Waals surface area contributed by atoms with Crippen molar-refractivity contribution >= 4 is 6.08 Å². The van der Waals surface area contributed by atoms with Crippen molar-refractivity contribution in [3.63, 3.8) is 0 Å². The first-order valence-corrected chi connectivity index (χ1v) is 7.30. The molecule has 0 radical (unpaired) electrons. The van der Waals surface area contributed by atoms with Gasteiger partial charge >= 0.3 is 0 Å². The Labute approximate surface area is 119 Å². The van der Waals surface area contributed by atoms with Crippen LogP contribution in [0, 0.1) is 6.92 Å². The van der Waals surface area contributed by atoms with Gasteiger partial charge in [0, 0.05) is 6.61 Å². The minimum absolute atomic E-state index is 0.435. The Hall–Kier alpha value is -1.22. The van der Waals surface area contributed by atoms with Gasteiger partial charge in [-0.3, -0.25) is 0 Å². The van der Waals surface area contributed by atoms with Crippen molar-refractivity contribution in [2.75, 3.05) is 13.2 Å². The lowest BCUT2D eigenvalue weighted by Crippen LogP contribution is -2.05. The van der Waals surface area contributed by atoms with Crippen LogP contribution >= 0.6 is 0 Å². The Bertz CT molecular complexity index is 466. The molecule has 0 spiro atoms. The van der Waals surface area contributed by atoms with Crippen molar-refractivity contribution in [3.05, 3.63) is 40.5 Å². The lowest BCUT2D eigenvalue weighted by Gasteiger charge is -2.17. The van der Waals surface area contributed by atoms with Crippen molar-refractivity contribution in [1.29, 1.82) is 0 Å². The molecule has 1 aromatic carbocycles. The van der Waals surface area contributed by atoms with Gasteiger partial charge in [-0.15, -0.1) is 0 Å². The number of hydrogen-bond donors (Lipinski definition) is 0. The van der Waals surface area contributed by atoms with Crippen LogP contribution in [0.25, 0.3) is 6.08 Å². The summed E-state index contributed by atoms with van der Waals surface area (Å²) in [6, 6.07) is 6.60. The predicted molar refractivity (Wildman–Crippen MR) is 78.2 cm³/mol. The highest BCUT2D eigenvalue weighted by atomic mass is 19.3. The van der Waals surface area contributed by atoms with E-state index in [0.29, 0.717) is 6.61 Å². The second kappa shape index (κ2) is 7.53. The number of aryl methyl sites for hydroxylation is 2. The van der Waals surface area contributed by atoms with Crippen molar-refractivity contribution in [2.24, 2.45) is 0 Å². The second-order valence-corrected chi connectivity index (χ2v) is 5.43. The number of ether oxygens (including phenoxy) is 1. The van der Waals surface area contributed by atoms with E-state index in [0.717, 1.165) is 32.1 Å². The van der Waals surface area contributed by atoms with Crippen LogP contribution in [0.2, 0.25) is 0 Å². The highest BCUT2D eigenvalue weighted by Crippen LogP contribution is 2.27. The summed E-state index contributed by atoms with van der Waals surface area (Å²) >= 11 is 0. The summed E-state index contributed by atoms with van der Waals surface area (Å²) in [5.74, 6) is 0. The number of fused-ring (bicyclic) bond motifs is 1. The molecule has 1 aliphatic carbocycles. The Morgan fingerprint density at radius 2 is 2.05 bits per heavy atom. The molecule has 0 amide bonds. The molecule has 1 aromatic rings. The van der Waals surface area contributed by atoms with Crippen LogP contribution in [0.3, 0.4) is 0 Å². The van der Waals surface area contributed by atoms with Gasteiger partial charge in [0.2, 0.25) is 0 Å². The SMILES string of the molecule is Cc1ccc2c(c1)CCC(CCCCOCC(F)F)=C2. The fourth-order valence-electron chi connectivity index (χ4n) is 2.60. The molecule has 0 saturated heterocycles. The molecule has 110 valence electrons. The molecule has 0 unspecified atom stereocenters. The first kappa shape index (κ1) is 15.2. The summed E-state index contributed by atoms with van der Waals surface area (Å²) in [7, 11) is 0. The van der Waals surface area contributed by atoms with E-state index in [1.54, 1.807) is 0 Å². The second-order valence-electron chi connectivity index (χ2n) is 5.43. The Morgan fingerprint density at radius 1 is 1.20 bits per heavy atom. The van der Waals surface area contributed by atoms with E-state index < -0.39 is 13.0 Å². The van der Waals surface area contributed by atoms with Gasteiger partial charge in [0.1, 0.15) is 6.61 Å². The fourth-order valence-corrected chi connectivity index (χ4v) is 2.60. The highest BCUT2D eigenvalue weighted by Gasteiger charge is 2.10. The maximum absolute atomic E-state index is 11.9. The van der Waals surface area contributed by atoms with Crippen LogP contribution in [-0.4, -0.2) is 19.6 Å².